The van der Waals surface area contributed by atoms with E-state index in [2.05, 4.69) is 67.8 Å². The number of phosphoric ester groups is 1. The standard InChI is InChI=1S/C53H97N2O6P/c1-6-8-10-12-14-16-18-20-22-23-24-25-26-27-28-29-30-31-33-34-36-38-40-42-44-46-52(56)51(50-61-62(58,59)60-49-48-55(3,4)5)54-53(57)47-45-43-41-39-37-35-32-21-19-17-15-13-11-9-7-2/h9,11,15,17,21,32,37,39,43-46,51-52,56H,6-8,10,12-14,16,18-20,22-31,33-36,38,40-42,47-50H2,1-5H3,(H-,54,57,58,59)/b11-9-,17-15-,32-21-,39-37-,45-43-,46-44+. The first-order chi connectivity index (χ1) is 30.0. The number of nitrogens with zero attached hydrogens (tertiary/aromatic N) is 1. The van der Waals surface area contributed by atoms with Gasteiger partial charge in [0, 0.05) is 6.42 Å². The molecule has 62 heavy (non-hydrogen) atoms. The molecule has 0 saturated carbocycles. The number of nitrogens with one attached hydrogen (secondary N) is 1. The summed E-state index contributed by atoms with van der Waals surface area (Å²) >= 11 is 0. The first-order valence-corrected chi connectivity index (χ1v) is 26.8. The molecule has 0 aliphatic rings. The highest BCUT2D eigenvalue weighted by Crippen LogP contribution is 2.38. The number of allylic oxidation sites excluding steroid dienone is 10. The number of aliphatic hydroxyl groups is 1. The smallest absolute Gasteiger partial charge is 0.268 e. The van der Waals surface area contributed by atoms with Crippen LogP contribution in [0, 0.1) is 0 Å². The third-order valence-corrected chi connectivity index (χ3v) is 11.9. The summed E-state index contributed by atoms with van der Waals surface area (Å²) in [4.78, 5) is 25.3. The summed E-state index contributed by atoms with van der Waals surface area (Å²) in [6, 6.07) is -0.944. The minimum atomic E-state index is -4.62. The van der Waals surface area contributed by atoms with Crippen LogP contribution in [0.15, 0.2) is 72.9 Å². The lowest BCUT2D eigenvalue weighted by molar-refractivity contribution is -0.870. The zero-order valence-corrected chi connectivity index (χ0v) is 41.7. The van der Waals surface area contributed by atoms with Gasteiger partial charge in [0.25, 0.3) is 7.82 Å². The number of phosphoric acid groups is 1. The van der Waals surface area contributed by atoms with Crippen molar-refractivity contribution in [3.63, 3.8) is 0 Å². The third kappa shape index (κ3) is 45.9. The van der Waals surface area contributed by atoms with Gasteiger partial charge >= 0.3 is 0 Å². The van der Waals surface area contributed by atoms with Crippen LogP contribution in [-0.2, 0) is 18.4 Å². The van der Waals surface area contributed by atoms with Gasteiger partial charge in [-0.1, -0.05) is 228 Å². The van der Waals surface area contributed by atoms with Crippen LogP contribution >= 0.6 is 7.82 Å². The van der Waals surface area contributed by atoms with Crippen LogP contribution < -0.4 is 10.2 Å². The molecule has 0 aromatic heterocycles. The Labute approximate surface area is 383 Å². The molecule has 0 saturated heterocycles. The summed E-state index contributed by atoms with van der Waals surface area (Å²) in [5, 5.41) is 13.7. The topological polar surface area (TPSA) is 108 Å². The average molecular weight is 889 g/mol. The zero-order valence-electron chi connectivity index (χ0n) is 40.8. The van der Waals surface area contributed by atoms with Crippen molar-refractivity contribution in [2.75, 3.05) is 40.9 Å². The second kappa shape index (κ2) is 44.2. The van der Waals surface area contributed by atoms with Crippen LogP contribution in [0.2, 0.25) is 0 Å². The van der Waals surface area contributed by atoms with Gasteiger partial charge in [0.1, 0.15) is 13.2 Å². The van der Waals surface area contributed by atoms with Crippen molar-refractivity contribution in [2.24, 2.45) is 0 Å². The summed E-state index contributed by atoms with van der Waals surface area (Å²) in [5.41, 5.74) is 0. The second-order valence-electron chi connectivity index (χ2n) is 18.2. The second-order valence-corrected chi connectivity index (χ2v) is 19.6. The fourth-order valence-corrected chi connectivity index (χ4v) is 7.71. The maximum Gasteiger partial charge on any atom is 0.268 e. The predicted octanol–water partition coefficient (Wildman–Crippen LogP) is 14.1. The highest BCUT2D eigenvalue weighted by molar-refractivity contribution is 7.45. The molecule has 3 atom stereocenters. The summed E-state index contributed by atoms with van der Waals surface area (Å²) < 4.78 is 23.2. The van der Waals surface area contributed by atoms with E-state index in [1.807, 2.05) is 33.3 Å². The van der Waals surface area contributed by atoms with E-state index < -0.39 is 26.6 Å². The lowest BCUT2D eigenvalue weighted by atomic mass is 10.0. The first kappa shape index (κ1) is 59.9. The van der Waals surface area contributed by atoms with Crippen molar-refractivity contribution in [3.8, 4) is 0 Å². The number of amides is 1. The zero-order chi connectivity index (χ0) is 45.7. The third-order valence-electron chi connectivity index (χ3n) is 11.0. The molecule has 360 valence electrons. The normalized spacial score (nSPS) is 14.8. The van der Waals surface area contributed by atoms with E-state index in [0.717, 1.165) is 44.9 Å². The number of hydrogen-bond donors (Lipinski definition) is 2. The number of unbranched alkanes of at least 4 members (excludes halogenated alkanes) is 23. The summed E-state index contributed by atoms with van der Waals surface area (Å²) in [5.74, 6) is -0.325. The van der Waals surface area contributed by atoms with Gasteiger partial charge in [0.15, 0.2) is 0 Å². The maximum absolute atomic E-state index is 12.8. The largest absolute Gasteiger partial charge is 0.756 e. The number of likely N-dealkylation sites (N-methyl/N-ethyl adjacent to an activating group) is 1. The number of carbonyl (C=O) groups excluding carboxylic acids is 1. The minimum absolute atomic E-state index is 0.0204. The number of rotatable bonds is 45. The van der Waals surface area contributed by atoms with Crippen molar-refractivity contribution in [1.29, 1.82) is 0 Å². The summed E-state index contributed by atoms with van der Waals surface area (Å²) in [6.45, 7) is 4.46. The molecule has 3 unspecified atom stereocenters. The Bertz CT molecular complexity index is 1240. The van der Waals surface area contributed by atoms with Crippen molar-refractivity contribution in [2.45, 2.75) is 219 Å². The highest BCUT2D eigenvalue weighted by Gasteiger charge is 2.23. The van der Waals surface area contributed by atoms with Gasteiger partial charge in [0.05, 0.1) is 39.9 Å². The van der Waals surface area contributed by atoms with Gasteiger partial charge in [-0.05, 0) is 44.9 Å². The maximum atomic E-state index is 12.8. The van der Waals surface area contributed by atoms with Crippen LogP contribution in [0.4, 0.5) is 0 Å². The number of carbonyl (C=O) groups is 1. The van der Waals surface area contributed by atoms with E-state index in [9.17, 15) is 19.4 Å². The highest BCUT2D eigenvalue weighted by atomic mass is 31.2. The molecule has 0 heterocycles. The van der Waals surface area contributed by atoms with Gasteiger partial charge in [0.2, 0.25) is 5.91 Å². The van der Waals surface area contributed by atoms with E-state index in [1.54, 1.807) is 12.2 Å². The molecule has 0 aromatic rings. The van der Waals surface area contributed by atoms with E-state index in [-0.39, 0.29) is 18.9 Å². The van der Waals surface area contributed by atoms with E-state index in [0.29, 0.717) is 17.4 Å². The van der Waals surface area contributed by atoms with E-state index >= 15 is 0 Å². The van der Waals surface area contributed by atoms with Crippen molar-refractivity contribution >= 4 is 13.7 Å². The van der Waals surface area contributed by atoms with Gasteiger partial charge in [-0.3, -0.25) is 9.36 Å². The lowest BCUT2D eigenvalue weighted by Crippen LogP contribution is -2.45. The molecule has 1 amide bonds. The SMILES string of the molecule is CC/C=C\C/C=C\C/C=C\C/C=C\C/C=C\CC(=O)NC(COP(=O)([O-])OCC[N+](C)(C)C)C(O)/C=C/CCCCCCCCCCCCCCCCCCCCCCCCC. The Kier molecular flexibility index (Phi) is 42.7. The van der Waals surface area contributed by atoms with Gasteiger partial charge in [-0.2, -0.15) is 0 Å². The average Bonchev–Trinajstić information content (AvgIpc) is 3.23. The molecule has 0 aromatic carbocycles. The molecule has 8 nitrogen and oxygen atoms in total. The summed E-state index contributed by atoms with van der Waals surface area (Å²) in [7, 11) is 1.20. The molecule has 9 heteroatoms. The first-order valence-electron chi connectivity index (χ1n) is 25.3. The quantitative estimate of drug-likeness (QED) is 0.0273. The Morgan fingerprint density at radius 1 is 0.581 bits per heavy atom. The van der Waals surface area contributed by atoms with Crippen LogP contribution in [0.3, 0.4) is 0 Å². The van der Waals surface area contributed by atoms with Gasteiger partial charge < -0.3 is 28.8 Å². The number of hydrogen-bond acceptors (Lipinski definition) is 6. The van der Waals surface area contributed by atoms with Crippen molar-refractivity contribution in [1.82, 2.24) is 5.32 Å². The Balaban J connectivity index is 4.36. The van der Waals surface area contributed by atoms with Gasteiger partial charge in [-0.15, -0.1) is 0 Å². The molecular formula is C53H97N2O6P. The van der Waals surface area contributed by atoms with E-state index in [1.165, 1.54) is 135 Å². The van der Waals surface area contributed by atoms with E-state index in [4.69, 9.17) is 9.05 Å². The molecule has 0 bridgehead atoms. The Hall–Kier alpha value is -2.06. The van der Waals surface area contributed by atoms with Crippen LogP contribution in [0.25, 0.3) is 0 Å². The Morgan fingerprint density at radius 2 is 0.968 bits per heavy atom. The van der Waals surface area contributed by atoms with Crippen LogP contribution in [0.1, 0.15) is 206 Å². The lowest BCUT2D eigenvalue weighted by Gasteiger charge is -2.29. The molecule has 0 aliphatic heterocycles. The van der Waals surface area contributed by atoms with Crippen LogP contribution in [-0.4, -0.2) is 68.5 Å². The molecule has 0 rings (SSSR count). The molecular weight excluding hydrogens is 792 g/mol. The Morgan fingerprint density at radius 3 is 1.37 bits per heavy atom. The predicted molar refractivity (Wildman–Crippen MR) is 265 cm³/mol. The van der Waals surface area contributed by atoms with Crippen LogP contribution in [0.5, 0.6) is 0 Å². The summed E-state index contributed by atoms with van der Waals surface area (Å²) in [6.07, 6.45) is 60.0. The molecule has 0 fully saturated rings. The van der Waals surface area contributed by atoms with Crippen molar-refractivity contribution in [3.05, 3.63) is 72.9 Å². The molecule has 0 radical (unpaired) electrons. The van der Waals surface area contributed by atoms with Crippen molar-refractivity contribution < 1.29 is 32.9 Å². The molecule has 0 spiro atoms. The fraction of sp³-hybridized carbons (Fsp3) is 0.755. The molecule has 0 aliphatic carbocycles. The number of quaternary nitrogens is 1. The fourth-order valence-electron chi connectivity index (χ4n) is 6.99. The molecule has 2 N–H and O–H groups in total. The number of aliphatic hydroxyl groups excluding tert-OH is 1. The van der Waals surface area contributed by atoms with Gasteiger partial charge in [-0.25, -0.2) is 0 Å². The monoisotopic (exact) mass is 889 g/mol. The minimum Gasteiger partial charge on any atom is -0.756 e.